The minimum absolute atomic E-state index is 0.0462. The number of piperidine rings is 1. The van der Waals surface area contributed by atoms with Crippen molar-refractivity contribution in [1.29, 1.82) is 0 Å². The fourth-order valence-corrected chi connectivity index (χ4v) is 4.54. The quantitative estimate of drug-likeness (QED) is 0.745. The van der Waals surface area contributed by atoms with E-state index < -0.39 is 0 Å². The molecule has 0 spiro atoms. The lowest BCUT2D eigenvalue weighted by molar-refractivity contribution is -0.126. The maximum atomic E-state index is 12.9. The molecule has 164 valence electrons. The zero-order valence-electron chi connectivity index (χ0n) is 18.2. The van der Waals surface area contributed by atoms with Gasteiger partial charge in [-0.3, -0.25) is 14.5 Å². The first-order valence-electron chi connectivity index (χ1n) is 11.2. The zero-order chi connectivity index (χ0) is 21.6. The monoisotopic (exact) mass is 421 g/mol. The molecule has 1 unspecified atom stereocenters. The van der Waals surface area contributed by atoms with E-state index in [4.69, 9.17) is 4.74 Å². The van der Waals surface area contributed by atoms with Crippen LogP contribution in [0.1, 0.15) is 36.8 Å². The highest BCUT2D eigenvalue weighted by molar-refractivity contribution is 6.01. The minimum atomic E-state index is -0.355. The molecule has 2 aliphatic rings. The van der Waals surface area contributed by atoms with Crippen LogP contribution in [0.5, 0.6) is 5.75 Å². The molecule has 4 rings (SSSR count). The number of anilines is 1. The Morgan fingerprint density at radius 2 is 1.74 bits per heavy atom. The van der Waals surface area contributed by atoms with E-state index in [1.54, 1.807) is 12.0 Å². The van der Waals surface area contributed by atoms with Crippen LogP contribution in [-0.2, 0) is 22.7 Å². The van der Waals surface area contributed by atoms with Crippen LogP contribution < -0.4 is 15.0 Å². The fraction of sp³-hybridized carbons (Fsp3) is 0.440. The number of hydrogen-bond donors (Lipinski definition) is 1. The van der Waals surface area contributed by atoms with Crippen LogP contribution in [0.25, 0.3) is 0 Å². The van der Waals surface area contributed by atoms with E-state index in [-0.39, 0.29) is 24.2 Å². The first-order valence-corrected chi connectivity index (χ1v) is 11.2. The SMILES string of the molecule is COc1ccccc1N1CC(C(=O)NCc2ccccc2CN2CCCCC2)CC1=O. The van der Waals surface area contributed by atoms with Gasteiger partial charge in [-0.15, -0.1) is 0 Å². The van der Waals surface area contributed by atoms with Crippen molar-refractivity contribution in [3.63, 3.8) is 0 Å². The molecule has 0 aliphatic carbocycles. The van der Waals surface area contributed by atoms with Crippen LogP contribution in [0, 0.1) is 5.92 Å². The number of methoxy groups -OCH3 is 1. The first kappa shape index (κ1) is 21.4. The molecule has 2 aromatic carbocycles. The average Bonchev–Trinajstić information content (AvgIpc) is 3.20. The highest BCUT2D eigenvalue weighted by Crippen LogP contribution is 2.32. The third-order valence-corrected chi connectivity index (χ3v) is 6.29. The molecular weight excluding hydrogens is 390 g/mol. The van der Waals surface area contributed by atoms with Crippen molar-refractivity contribution >= 4 is 17.5 Å². The molecular formula is C25H31N3O3. The topological polar surface area (TPSA) is 61.9 Å². The number of benzene rings is 2. The van der Waals surface area contributed by atoms with Crippen LogP contribution in [0.15, 0.2) is 48.5 Å². The van der Waals surface area contributed by atoms with Crippen LogP contribution in [0.3, 0.4) is 0 Å². The number of para-hydroxylation sites is 2. The van der Waals surface area contributed by atoms with E-state index in [0.717, 1.165) is 30.9 Å². The van der Waals surface area contributed by atoms with Crippen LogP contribution in [0.2, 0.25) is 0 Å². The van der Waals surface area contributed by atoms with E-state index in [2.05, 4.69) is 28.4 Å². The molecule has 0 aromatic heterocycles. The Kier molecular flexibility index (Phi) is 6.87. The van der Waals surface area contributed by atoms with Gasteiger partial charge in [-0.05, 0) is 49.2 Å². The van der Waals surface area contributed by atoms with Gasteiger partial charge in [0.15, 0.2) is 0 Å². The van der Waals surface area contributed by atoms with Crippen molar-refractivity contribution in [2.45, 2.75) is 38.8 Å². The Morgan fingerprint density at radius 1 is 1.03 bits per heavy atom. The summed E-state index contributed by atoms with van der Waals surface area (Å²) >= 11 is 0. The number of carbonyl (C=O) groups is 2. The summed E-state index contributed by atoms with van der Waals surface area (Å²) in [4.78, 5) is 29.6. The summed E-state index contributed by atoms with van der Waals surface area (Å²) in [5.74, 6) is 0.170. The van der Waals surface area contributed by atoms with Gasteiger partial charge in [0.05, 0.1) is 18.7 Å². The van der Waals surface area contributed by atoms with Gasteiger partial charge < -0.3 is 15.0 Å². The number of nitrogens with zero attached hydrogens (tertiary/aromatic N) is 2. The largest absolute Gasteiger partial charge is 0.495 e. The zero-order valence-corrected chi connectivity index (χ0v) is 18.2. The van der Waals surface area contributed by atoms with Gasteiger partial charge >= 0.3 is 0 Å². The molecule has 2 saturated heterocycles. The summed E-state index contributed by atoms with van der Waals surface area (Å²) in [5.41, 5.74) is 3.13. The van der Waals surface area contributed by atoms with Gasteiger partial charge in [0, 0.05) is 26.1 Å². The molecule has 31 heavy (non-hydrogen) atoms. The van der Waals surface area contributed by atoms with Crippen molar-refractivity contribution < 1.29 is 14.3 Å². The number of rotatable bonds is 7. The van der Waals surface area contributed by atoms with E-state index in [1.807, 2.05) is 30.3 Å². The van der Waals surface area contributed by atoms with Crippen molar-refractivity contribution in [1.82, 2.24) is 10.2 Å². The van der Waals surface area contributed by atoms with Gasteiger partial charge in [-0.2, -0.15) is 0 Å². The molecule has 2 aromatic rings. The summed E-state index contributed by atoms with van der Waals surface area (Å²) in [5, 5.41) is 3.07. The number of amides is 2. The summed E-state index contributed by atoms with van der Waals surface area (Å²) in [6.07, 6.45) is 4.06. The van der Waals surface area contributed by atoms with Gasteiger partial charge in [0.2, 0.25) is 11.8 Å². The second-order valence-corrected chi connectivity index (χ2v) is 8.40. The molecule has 2 aliphatic heterocycles. The lowest BCUT2D eigenvalue weighted by Crippen LogP contribution is -2.33. The second-order valence-electron chi connectivity index (χ2n) is 8.40. The third kappa shape index (κ3) is 5.07. The van der Waals surface area contributed by atoms with Crippen molar-refractivity contribution in [2.24, 2.45) is 5.92 Å². The summed E-state index contributed by atoms with van der Waals surface area (Å²) in [7, 11) is 1.59. The number of carbonyl (C=O) groups excluding carboxylic acids is 2. The normalized spacial score (nSPS) is 19.5. The predicted molar refractivity (Wildman–Crippen MR) is 121 cm³/mol. The summed E-state index contributed by atoms with van der Waals surface area (Å²) < 4.78 is 5.38. The Balaban J connectivity index is 1.37. The Labute approximate surface area is 184 Å². The summed E-state index contributed by atoms with van der Waals surface area (Å²) in [6.45, 7) is 4.07. The summed E-state index contributed by atoms with van der Waals surface area (Å²) in [6, 6.07) is 15.7. The van der Waals surface area contributed by atoms with Gasteiger partial charge in [0.1, 0.15) is 5.75 Å². The number of likely N-dealkylation sites (tertiary alicyclic amines) is 1. The van der Waals surface area contributed by atoms with Gasteiger partial charge in [0.25, 0.3) is 0 Å². The van der Waals surface area contributed by atoms with Crippen LogP contribution in [0.4, 0.5) is 5.69 Å². The molecule has 0 saturated carbocycles. The number of ether oxygens (including phenoxy) is 1. The van der Waals surface area contributed by atoms with Crippen molar-refractivity contribution in [2.75, 3.05) is 31.6 Å². The standard InChI is InChI=1S/C25H31N3O3/c1-31-23-12-6-5-11-22(23)28-18-21(15-24(28)29)25(30)26-16-19-9-3-4-10-20(19)17-27-13-7-2-8-14-27/h3-6,9-12,21H,2,7-8,13-18H2,1H3,(H,26,30). The molecule has 0 radical (unpaired) electrons. The minimum Gasteiger partial charge on any atom is -0.495 e. The molecule has 0 bridgehead atoms. The predicted octanol–water partition coefficient (Wildman–Crippen LogP) is 3.35. The first-order chi connectivity index (χ1) is 15.2. The lowest BCUT2D eigenvalue weighted by Gasteiger charge is -2.27. The Bertz CT molecular complexity index is 924. The Morgan fingerprint density at radius 3 is 2.52 bits per heavy atom. The smallest absolute Gasteiger partial charge is 0.227 e. The maximum Gasteiger partial charge on any atom is 0.227 e. The van der Waals surface area contributed by atoms with Crippen molar-refractivity contribution in [3.05, 3.63) is 59.7 Å². The molecule has 1 atom stereocenters. The lowest BCUT2D eigenvalue weighted by atomic mass is 10.0. The maximum absolute atomic E-state index is 12.9. The van der Waals surface area contributed by atoms with Gasteiger partial charge in [-0.1, -0.05) is 42.8 Å². The molecule has 2 amide bonds. The van der Waals surface area contributed by atoms with Crippen LogP contribution in [-0.4, -0.2) is 43.5 Å². The highest BCUT2D eigenvalue weighted by Gasteiger charge is 2.36. The molecule has 6 heteroatoms. The average molecular weight is 422 g/mol. The highest BCUT2D eigenvalue weighted by atomic mass is 16.5. The van der Waals surface area contributed by atoms with Crippen molar-refractivity contribution in [3.8, 4) is 5.75 Å². The second kappa shape index (κ2) is 9.96. The molecule has 1 N–H and O–H groups in total. The molecule has 6 nitrogen and oxygen atoms in total. The fourth-order valence-electron chi connectivity index (χ4n) is 4.54. The van der Waals surface area contributed by atoms with Gasteiger partial charge in [-0.25, -0.2) is 0 Å². The van der Waals surface area contributed by atoms with Crippen LogP contribution >= 0.6 is 0 Å². The third-order valence-electron chi connectivity index (χ3n) is 6.29. The van der Waals surface area contributed by atoms with E-state index >= 15 is 0 Å². The van der Waals surface area contributed by atoms with E-state index in [0.29, 0.717) is 18.8 Å². The molecule has 2 fully saturated rings. The Hall–Kier alpha value is -2.86. The number of hydrogen-bond acceptors (Lipinski definition) is 4. The van der Waals surface area contributed by atoms with E-state index in [9.17, 15) is 9.59 Å². The molecule has 2 heterocycles. The number of nitrogens with one attached hydrogen (secondary N) is 1. The van der Waals surface area contributed by atoms with E-state index in [1.165, 1.54) is 24.8 Å².